The molecule has 0 radical (unpaired) electrons. The van der Waals surface area contributed by atoms with Gasteiger partial charge in [0.25, 0.3) is 5.91 Å². The van der Waals surface area contributed by atoms with E-state index < -0.39 is 0 Å². The summed E-state index contributed by atoms with van der Waals surface area (Å²) in [6, 6.07) is 11.6. The Morgan fingerprint density at radius 2 is 1.71 bits per heavy atom. The Labute approximate surface area is 163 Å². The third-order valence-electron chi connectivity index (χ3n) is 4.86. The van der Waals surface area contributed by atoms with Gasteiger partial charge in [0.1, 0.15) is 12.1 Å². The van der Waals surface area contributed by atoms with Gasteiger partial charge in [-0.25, -0.2) is 9.97 Å². The van der Waals surface area contributed by atoms with Gasteiger partial charge in [-0.2, -0.15) is 0 Å². The first kappa shape index (κ1) is 17.9. The molecule has 0 atom stereocenters. The molecule has 0 bridgehead atoms. The van der Waals surface area contributed by atoms with Gasteiger partial charge in [-0.3, -0.25) is 9.78 Å². The molecule has 7 heteroatoms. The molecule has 0 unspecified atom stereocenters. The molecule has 1 amide bonds. The Morgan fingerprint density at radius 3 is 2.39 bits per heavy atom. The van der Waals surface area contributed by atoms with E-state index in [0.29, 0.717) is 18.7 Å². The van der Waals surface area contributed by atoms with Gasteiger partial charge in [-0.1, -0.05) is 12.1 Å². The second kappa shape index (κ2) is 8.04. The molecule has 0 spiro atoms. The summed E-state index contributed by atoms with van der Waals surface area (Å²) in [5.41, 5.74) is 3.23. The maximum absolute atomic E-state index is 12.8. The Hall–Kier alpha value is -3.48. The first-order valence-corrected chi connectivity index (χ1v) is 9.15. The van der Waals surface area contributed by atoms with E-state index in [9.17, 15) is 4.79 Å². The summed E-state index contributed by atoms with van der Waals surface area (Å²) in [6.07, 6.45) is 6.51. The zero-order valence-corrected chi connectivity index (χ0v) is 15.7. The van der Waals surface area contributed by atoms with Crippen LogP contribution in [-0.4, -0.2) is 59.0 Å². The molecule has 1 aliphatic rings. The van der Waals surface area contributed by atoms with Gasteiger partial charge in [-0.15, -0.1) is 0 Å². The fraction of sp³-hybridized carbons (Fsp3) is 0.238. The van der Waals surface area contributed by atoms with Gasteiger partial charge in [0.15, 0.2) is 0 Å². The number of benzene rings is 1. The molecule has 1 aromatic carbocycles. The lowest BCUT2D eigenvalue weighted by molar-refractivity contribution is 0.0746. The van der Waals surface area contributed by atoms with Gasteiger partial charge in [0, 0.05) is 50.3 Å². The van der Waals surface area contributed by atoms with Crippen LogP contribution in [0.25, 0.3) is 11.3 Å². The highest BCUT2D eigenvalue weighted by molar-refractivity contribution is 5.94. The van der Waals surface area contributed by atoms with Crippen molar-refractivity contribution < 1.29 is 9.53 Å². The van der Waals surface area contributed by atoms with Crippen LogP contribution >= 0.6 is 0 Å². The highest BCUT2D eigenvalue weighted by atomic mass is 16.5. The zero-order chi connectivity index (χ0) is 19.3. The average Bonchev–Trinajstić information content (AvgIpc) is 2.79. The van der Waals surface area contributed by atoms with Crippen molar-refractivity contribution in [3.63, 3.8) is 0 Å². The lowest BCUT2D eigenvalue weighted by Crippen LogP contribution is -2.48. The van der Waals surface area contributed by atoms with E-state index in [1.54, 1.807) is 25.7 Å². The minimum Gasteiger partial charge on any atom is -0.495 e. The minimum absolute atomic E-state index is 0.00281. The standard InChI is InChI=1S/C21H21N5O2/c1-28-20-5-3-2-4-19(20)25-8-10-26(11-9-25)21(27)16-6-7-18(24-14-16)17-12-22-15-23-13-17/h2-7,12-15H,8-11H2,1H3. The first-order chi connectivity index (χ1) is 13.8. The summed E-state index contributed by atoms with van der Waals surface area (Å²) in [5, 5.41) is 0. The molecule has 1 aliphatic heterocycles. The summed E-state index contributed by atoms with van der Waals surface area (Å²) in [5.74, 6) is 0.856. The Balaban J connectivity index is 1.41. The summed E-state index contributed by atoms with van der Waals surface area (Å²) >= 11 is 0. The largest absolute Gasteiger partial charge is 0.495 e. The van der Waals surface area contributed by atoms with Gasteiger partial charge >= 0.3 is 0 Å². The second-order valence-electron chi connectivity index (χ2n) is 6.51. The van der Waals surface area contributed by atoms with E-state index in [4.69, 9.17) is 4.74 Å². The number of para-hydroxylation sites is 2. The molecule has 2 aromatic heterocycles. The monoisotopic (exact) mass is 375 g/mol. The first-order valence-electron chi connectivity index (χ1n) is 9.15. The number of carbonyl (C=O) groups excluding carboxylic acids is 1. The highest BCUT2D eigenvalue weighted by Crippen LogP contribution is 2.28. The number of amides is 1. The SMILES string of the molecule is COc1ccccc1N1CCN(C(=O)c2ccc(-c3cncnc3)nc2)CC1. The van der Waals surface area contributed by atoms with Crippen molar-refractivity contribution in [3.05, 3.63) is 66.9 Å². The summed E-state index contributed by atoms with van der Waals surface area (Å²) < 4.78 is 5.45. The number of methoxy groups -OCH3 is 1. The highest BCUT2D eigenvalue weighted by Gasteiger charge is 2.23. The lowest BCUT2D eigenvalue weighted by Gasteiger charge is -2.36. The quantitative estimate of drug-likeness (QED) is 0.698. The predicted molar refractivity (Wildman–Crippen MR) is 106 cm³/mol. The molecule has 3 heterocycles. The molecule has 1 saturated heterocycles. The Kier molecular flexibility index (Phi) is 5.14. The molecule has 3 aromatic rings. The van der Waals surface area contributed by atoms with E-state index in [1.165, 1.54) is 6.33 Å². The van der Waals surface area contributed by atoms with Crippen molar-refractivity contribution in [2.75, 3.05) is 38.2 Å². The van der Waals surface area contributed by atoms with Crippen LogP contribution in [0.3, 0.4) is 0 Å². The molecule has 0 N–H and O–H groups in total. The van der Waals surface area contributed by atoms with Crippen molar-refractivity contribution in [2.45, 2.75) is 0 Å². The molecule has 7 nitrogen and oxygen atoms in total. The number of rotatable bonds is 4. The normalized spacial score (nSPS) is 14.0. The molecule has 0 saturated carbocycles. The molecule has 0 aliphatic carbocycles. The maximum Gasteiger partial charge on any atom is 0.255 e. The van der Waals surface area contributed by atoms with E-state index in [1.807, 2.05) is 41.3 Å². The number of anilines is 1. The van der Waals surface area contributed by atoms with Crippen molar-refractivity contribution >= 4 is 11.6 Å². The smallest absolute Gasteiger partial charge is 0.255 e. The van der Waals surface area contributed by atoms with Crippen molar-refractivity contribution in [1.29, 1.82) is 0 Å². The van der Waals surface area contributed by atoms with Crippen LogP contribution < -0.4 is 9.64 Å². The maximum atomic E-state index is 12.8. The molecular weight excluding hydrogens is 354 g/mol. The second-order valence-corrected chi connectivity index (χ2v) is 6.51. The summed E-state index contributed by atoms with van der Waals surface area (Å²) in [4.78, 5) is 29.3. The number of carbonyl (C=O) groups is 1. The van der Waals surface area contributed by atoms with Gasteiger partial charge < -0.3 is 14.5 Å². The van der Waals surface area contributed by atoms with Crippen LogP contribution in [0.15, 0.2) is 61.3 Å². The molecular formula is C21H21N5O2. The molecule has 142 valence electrons. The number of hydrogen-bond acceptors (Lipinski definition) is 6. The van der Waals surface area contributed by atoms with Crippen LogP contribution in [0.5, 0.6) is 5.75 Å². The average molecular weight is 375 g/mol. The molecule has 28 heavy (non-hydrogen) atoms. The van der Waals surface area contributed by atoms with Crippen LogP contribution in [0.4, 0.5) is 5.69 Å². The number of piperazine rings is 1. The van der Waals surface area contributed by atoms with Gasteiger partial charge in [-0.05, 0) is 24.3 Å². The lowest BCUT2D eigenvalue weighted by atomic mass is 10.1. The van der Waals surface area contributed by atoms with Crippen molar-refractivity contribution in [2.24, 2.45) is 0 Å². The van der Waals surface area contributed by atoms with Gasteiger partial charge in [0.2, 0.25) is 0 Å². The number of nitrogens with zero attached hydrogens (tertiary/aromatic N) is 5. The summed E-state index contributed by atoms with van der Waals surface area (Å²) in [7, 11) is 1.68. The van der Waals surface area contributed by atoms with E-state index >= 15 is 0 Å². The van der Waals surface area contributed by atoms with Crippen LogP contribution in [0, 0.1) is 0 Å². The molecule has 1 fully saturated rings. The number of pyridine rings is 1. The number of hydrogen-bond donors (Lipinski definition) is 0. The number of aromatic nitrogens is 3. The molecule has 4 rings (SSSR count). The third kappa shape index (κ3) is 3.64. The minimum atomic E-state index is 0.00281. The van der Waals surface area contributed by atoms with Crippen molar-refractivity contribution in [1.82, 2.24) is 19.9 Å². The summed E-state index contributed by atoms with van der Waals surface area (Å²) in [6.45, 7) is 2.84. The fourth-order valence-corrected chi connectivity index (χ4v) is 3.35. The third-order valence-corrected chi connectivity index (χ3v) is 4.86. The van der Waals surface area contributed by atoms with E-state index in [-0.39, 0.29) is 5.91 Å². The van der Waals surface area contributed by atoms with Crippen LogP contribution in [0.2, 0.25) is 0 Å². The fourth-order valence-electron chi connectivity index (χ4n) is 3.35. The van der Waals surface area contributed by atoms with Crippen LogP contribution in [0.1, 0.15) is 10.4 Å². The van der Waals surface area contributed by atoms with Crippen molar-refractivity contribution in [3.8, 4) is 17.0 Å². The number of ether oxygens (including phenoxy) is 1. The van der Waals surface area contributed by atoms with Gasteiger partial charge in [0.05, 0.1) is 24.1 Å². The van der Waals surface area contributed by atoms with Crippen LogP contribution in [-0.2, 0) is 0 Å². The topological polar surface area (TPSA) is 71.5 Å². The van der Waals surface area contributed by atoms with E-state index in [2.05, 4.69) is 19.9 Å². The Bertz CT molecular complexity index is 939. The predicted octanol–water partition coefficient (Wildman–Crippen LogP) is 2.51. The zero-order valence-electron chi connectivity index (χ0n) is 15.7. The van der Waals surface area contributed by atoms with E-state index in [0.717, 1.165) is 35.8 Å². The Morgan fingerprint density at radius 1 is 0.964 bits per heavy atom.